The summed E-state index contributed by atoms with van der Waals surface area (Å²) in [5, 5.41) is 4.16. The molecular formula is C26H31N3O6. The summed E-state index contributed by atoms with van der Waals surface area (Å²) in [5.41, 5.74) is 1.76. The molecule has 0 radical (unpaired) electrons. The van der Waals surface area contributed by atoms with Crippen molar-refractivity contribution in [3.63, 3.8) is 0 Å². The Morgan fingerprint density at radius 3 is 2.54 bits per heavy atom. The fourth-order valence-corrected chi connectivity index (χ4v) is 4.16. The molecule has 0 spiro atoms. The summed E-state index contributed by atoms with van der Waals surface area (Å²) in [4.78, 5) is 19.1. The van der Waals surface area contributed by atoms with Gasteiger partial charge < -0.3 is 28.4 Å². The first-order valence-corrected chi connectivity index (χ1v) is 11.8. The summed E-state index contributed by atoms with van der Waals surface area (Å²) < 4.78 is 27.6. The van der Waals surface area contributed by atoms with Crippen LogP contribution in [0.5, 0.6) is 23.0 Å². The molecule has 0 N–H and O–H groups in total. The molecule has 1 atom stereocenters. The van der Waals surface area contributed by atoms with Crippen LogP contribution in [0.4, 0.5) is 0 Å². The number of nitrogens with zero attached hydrogens (tertiary/aromatic N) is 3. The number of hydrogen-bond acceptors (Lipinski definition) is 8. The molecule has 2 heterocycles. The number of hydrogen-bond donors (Lipinski definition) is 0. The number of rotatable bonds is 11. The van der Waals surface area contributed by atoms with Crippen molar-refractivity contribution in [2.45, 2.75) is 32.6 Å². The average molecular weight is 482 g/mol. The van der Waals surface area contributed by atoms with Gasteiger partial charge in [-0.1, -0.05) is 11.2 Å². The van der Waals surface area contributed by atoms with Crippen molar-refractivity contribution in [3.8, 4) is 34.5 Å². The second kappa shape index (κ2) is 11.1. The van der Waals surface area contributed by atoms with Crippen LogP contribution in [-0.4, -0.2) is 61.5 Å². The van der Waals surface area contributed by atoms with Crippen LogP contribution in [0.15, 0.2) is 40.9 Å². The molecular weight excluding hydrogens is 450 g/mol. The molecule has 0 aliphatic carbocycles. The molecule has 0 bridgehead atoms. The standard InChI is InChI=1S/C26H31N3O6/c1-5-33-21-10-7-17(13-23(21)34-6-2)11-12-29-16-18(14-24(29)30)25-27-26(35-28-25)20-9-8-19(31-3)15-22(20)32-4/h7-10,13,15,18H,5-6,11-12,14,16H2,1-4H3. The van der Waals surface area contributed by atoms with E-state index in [4.69, 9.17) is 23.5 Å². The molecule has 35 heavy (non-hydrogen) atoms. The third kappa shape index (κ3) is 5.50. The van der Waals surface area contributed by atoms with Crippen molar-refractivity contribution in [2.75, 3.05) is 40.5 Å². The highest BCUT2D eigenvalue weighted by molar-refractivity contribution is 5.79. The van der Waals surface area contributed by atoms with E-state index in [0.717, 1.165) is 17.1 Å². The summed E-state index contributed by atoms with van der Waals surface area (Å²) in [6.07, 6.45) is 1.07. The van der Waals surface area contributed by atoms with E-state index in [1.807, 2.05) is 43.0 Å². The van der Waals surface area contributed by atoms with Crippen molar-refractivity contribution in [1.29, 1.82) is 0 Å². The van der Waals surface area contributed by atoms with Crippen LogP contribution >= 0.6 is 0 Å². The Bertz CT molecular complexity index is 1160. The minimum absolute atomic E-state index is 0.0827. The zero-order valence-electron chi connectivity index (χ0n) is 20.6. The Kier molecular flexibility index (Phi) is 7.74. The quantitative estimate of drug-likeness (QED) is 0.404. The fourth-order valence-electron chi connectivity index (χ4n) is 4.16. The topological polar surface area (TPSA) is 96.2 Å². The Hall–Kier alpha value is -3.75. The maximum Gasteiger partial charge on any atom is 0.261 e. The maximum absolute atomic E-state index is 12.7. The molecule has 1 aromatic heterocycles. The number of aromatic nitrogens is 2. The fraction of sp³-hybridized carbons (Fsp3) is 0.423. The van der Waals surface area contributed by atoms with Crippen LogP contribution in [0.3, 0.4) is 0 Å². The molecule has 1 amide bonds. The SMILES string of the molecule is CCOc1ccc(CCN2CC(c3noc(-c4ccc(OC)cc4OC)n3)CC2=O)cc1OCC. The maximum atomic E-state index is 12.7. The Morgan fingerprint density at radius 2 is 1.80 bits per heavy atom. The van der Waals surface area contributed by atoms with Crippen molar-refractivity contribution in [3.05, 3.63) is 47.8 Å². The molecule has 186 valence electrons. The molecule has 3 aromatic rings. The van der Waals surface area contributed by atoms with Gasteiger partial charge in [-0.3, -0.25) is 4.79 Å². The van der Waals surface area contributed by atoms with Gasteiger partial charge in [0.25, 0.3) is 5.89 Å². The van der Waals surface area contributed by atoms with E-state index < -0.39 is 0 Å². The van der Waals surface area contributed by atoms with Crippen LogP contribution < -0.4 is 18.9 Å². The molecule has 0 saturated carbocycles. The molecule has 2 aromatic carbocycles. The number of carbonyl (C=O) groups excluding carboxylic acids is 1. The number of likely N-dealkylation sites (tertiary alicyclic amines) is 1. The molecule has 9 heteroatoms. The summed E-state index contributed by atoms with van der Waals surface area (Å²) in [6, 6.07) is 11.3. The second-order valence-electron chi connectivity index (χ2n) is 8.16. The molecule has 1 fully saturated rings. The summed E-state index contributed by atoms with van der Waals surface area (Å²) in [7, 11) is 3.17. The Labute approximate surface area is 204 Å². The molecule has 4 rings (SSSR count). The van der Waals surface area contributed by atoms with E-state index in [1.54, 1.807) is 26.4 Å². The molecule has 9 nitrogen and oxygen atoms in total. The van der Waals surface area contributed by atoms with Crippen LogP contribution in [0.2, 0.25) is 0 Å². The van der Waals surface area contributed by atoms with Crippen molar-refractivity contribution < 1.29 is 28.3 Å². The predicted octanol–water partition coefficient (Wildman–Crippen LogP) is 4.11. The second-order valence-corrected chi connectivity index (χ2v) is 8.16. The normalized spacial score (nSPS) is 15.4. The highest BCUT2D eigenvalue weighted by Crippen LogP contribution is 2.34. The first kappa shape index (κ1) is 24.4. The van der Waals surface area contributed by atoms with Gasteiger partial charge in [0.1, 0.15) is 11.5 Å². The zero-order valence-corrected chi connectivity index (χ0v) is 20.6. The van der Waals surface area contributed by atoms with E-state index in [2.05, 4.69) is 10.1 Å². The molecule has 1 aliphatic rings. The van der Waals surface area contributed by atoms with Crippen molar-refractivity contribution in [1.82, 2.24) is 15.0 Å². The van der Waals surface area contributed by atoms with Gasteiger partial charge in [-0.2, -0.15) is 4.98 Å². The van der Waals surface area contributed by atoms with Gasteiger partial charge in [0, 0.05) is 31.5 Å². The monoisotopic (exact) mass is 481 g/mol. The predicted molar refractivity (Wildman–Crippen MR) is 129 cm³/mol. The lowest BCUT2D eigenvalue weighted by atomic mass is 10.1. The first-order chi connectivity index (χ1) is 17.1. The molecule has 1 aliphatic heterocycles. The van der Waals surface area contributed by atoms with Gasteiger partial charge in [-0.15, -0.1) is 0 Å². The zero-order chi connectivity index (χ0) is 24.8. The largest absolute Gasteiger partial charge is 0.497 e. The van der Waals surface area contributed by atoms with Crippen LogP contribution in [-0.2, 0) is 11.2 Å². The van der Waals surface area contributed by atoms with Crippen molar-refractivity contribution in [2.24, 2.45) is 0 Å². The first-order valence-electron chi connectivity index (χ1n) is 11.8. The van der Waals surface area contributed by atoms with Crippen LogP contribution in [0.25, 0.3) is 11.5 Å². The minimum Gasteiger partial charge on any atom is -0.497 e. The summed E-state index contributed by atoms with van der Waals surface area (Å²) in [6.45, 7) is 6.18. The van der Waals surface area contributed by atoms with Gasteiger partial charge >= 0.3 is 0 Å². The molecule has 1 unspecified atom stereocenters. The van der Waals surface area contributed by atoms with Crippen molar-refractivity contribution >= 4 is 5.91 Å². The van der Waals surface area contributed by atoms with Crippen LogP contribution in [0, 0.1) is 0 Å². The highest BCUT2D eigenvalue weighted by Gasteiger charge is 2.33. The van der Waals surface area contributed by atoms with Crippen LogP contribution in [0.1, 0.15) is 37.6 Å². The van der Waals surface area contributed by atoms with Gasteiger partial charge in [0.15, 0.2) is 17.3 Å². The third-order valence-corrected chi connectivity index (χ3v) is 5.94. The van der Waals surface area contributed by atoms with E-state index in [0.29, 0.717) is 67.9 Å². The number of carbonyl (C=O) groups is 1. The lowest BCUT2D eigenvalue weighted by Crippen LogP contribution is -2.27. The van der Waals surface area contributed by atoms with Gasteiger partial charge in [0.2, 0.25) is 5.91 Å². The smallest absolute Gasteiger partial charge is 0.261 e. The number of ether oxygens (including phenoxy) is 4. The summed E-state index contributed by atoms with van der Waals surface area (Å²) >= 11 is 0. The minimum atomic E-state index is -0.122. The van der Waals surface area contributed by atoms with E-state index in [-0.39, 0.29) is 11.8 Å². The summed E-state index contributed by atoms with van der Waals surface area (Å²) in [5.74, 6) is 3.54. The number of methoxy groups -OCH3 is 2. The van der Waals surface area contributed by atoms with Gasteiger partial charge in [-0.25, -0.2) is 0 Å². The number of benzene rings is 2. The lowest BCUT2D eigenvalue weighted by molar-refractivity contribution is -0.127. The third-order valence-electron chi connectivity index (χ3n) is 5.94. The number of amides is 1. The lowest BCUT2D eigenvalue weighted by Gasteiger charge is -2.17. The molecule has 1 saturated heterocycles. The van der Waals surface area contributed by atoms with Gasteiger partial charge in [0.05, 0.1) is 33.0 Å². The van der Waals surface area contributed by atoms with E-state index in [1.165, 1.54) is 0 Å². The van der Waals surface area contributed by atoms with Gasteiger partial charge in [-0.05, 0) is 50.1 Å². The Balaban J connectivity index is 1.41. The highest BCUT2D eigenvalue weighted by atomic mass is 16.5. The average Bonchev–Trinajstić information content (AvgIpc) is 3.51. The Morgan fingerprint density at radius 1 is 1.00 bits per heavy atom. The van der Waals surface area contributed by atoms with E-state index >= 15 is 0 Å². The van der Waals surface area contributed by atoms with E-state index in [9.17, 15) is 4.79 Å².